The van der Waals surface area contributed by atoms with Crippen LogP contribution in [0.15, 0.2) is 42.7 Å². The molecular formula is C20H22N2O. The first-order valence-corrected chi connectivity index (χ1v) is 8.25. The summed E-state index contributed by atoms with van der Waals surface area (Å²) < 4.78 is 0. The Bertz CT molecular complexity index is 790. The van der Waals surface area contributed by atoms with Gasteiger partial charge in [-0.25, -0.2) is 0 Å². The van der Waals surface area contributed by atoms with E-state index in [9.17, 15) is 4.79 Å². The normalized spacial score (nSPS) is 11.0. The largest absolute Gasteiger partial charge is 0.354 e. The van der Waals surface area contributed by atoms with Crippen LogP contribution in [0, 0.1) is 6.92 Å². The fraction of sp³-hybridized carbons (Fsp3) is 0.300. The van der Waals surface area contributed by atoms with Crippen molar-refractivity contribution in [3.8, 4) is 11.3 Å². The molecule has 0 aliphatic carbocycles. The van der Waals surface area contributed by atoms with Crippen molar-refractivity contribution in [1.82, 2.24) is 9.97 Å². The molecular weight excluding hydrogens is 284 g/mol. The molecule has 0 bridgehead atoms. The summed E-state index contributed by atoms with van der Waals surface area (Å²) in [6.45, 7) is 2.18. The Kier molecular flexibility index (Phi) is 4.86. The van der Waals surface area contributed by atoms with Crippen molar-refractivity contribution in [2.75, 3.05) is 0 Å². The van der Waals surface area contributed by atoms with Crippen LogP contribution in [0.1, 0.15) is 36.8 Å². The number of aromatic amines is 1. The Balaban J connectivity index is 1.88. The average Bonchev–Trinajstić information content (AvgIpc) is 2.93. The molecule has 0 spiro atoms. The quantitative estimate of drug-likeness (QED) is 0.501. The van der Waals surface area contributed by atoms with Crippen molar-refractivity contribution < 1.29 is 4.79 Å². The van der Waals surface area contributed by atoms with Crippen LogP contribution in [0.5, 0.6) is 0 Å². The van der Waals surface area contributed by atoms with E-state index in [2.05, 4.69) is 41.2 Å². The summed E-state index contributed by atoms with van der Waals surface area (Å²) in [6.07, 6.45) is 9.67. The second-order valence-corrected chi connectivity index (χ2v) is 5.97. The molecule has 1 aromatic carbocycles. The first-order chi connectivity index (χ1) is 11.3. The zero-order valence-electron chi connectivity index (χ0n) is 13.5. The van der Waals surface area contributed by atoms with Crippen LogP contribution < -0.4 is 0 Å². The van der Waals surface area contributed by atoms with Crippen LogP contribution in [0.2, 0.25) is 0 Å². The smallest absolute Gasteiger partial charge is 0.119 e. The van der Waals surface area contributed by atoms with E-state index >= 15 is 0 Å². The molecule has 23 heavy (non-hydrogen) atoms. The van der Waals surface area contributed by atoms with Crippen molar-refractivity contribution in [1.29, 1.82) is 0 Å². The lowest BCUT2D eigenvalue weighted by Crippen LogP contribution is -1.89. The van der Waals surface area contributed by atoms with Crippen LogP contribution in [-0.4, -0.2) is 16.3 Å². The number of H-pyrrole nitrogens is 1. The zero-order chi connectivity index (χ0) is 16.1. The maximum absolute atomic E-state index is 10.4. The molecule has 0 saturated carbocycles. The zero-order valence-corrected chi connectivity index (χ0v) is 13.5. The topological polar surface area (TPSA) is 45.8 Å². The van der Waals surface area contributed by atoms with Crippen LogP contribution in [-0.2, 0) is 11.2 Å². The molecule has 0 unspecified atom stereocenters. The molecule has 118 valence electrons. The fourth-order valence-electron chi connectivity index (χ4n) is 3.23. The maximum atomic E-state index is 10.4. The van der Waals surface area contributed by atoms with Gasteiger partial charge in [-0.15, -0.1) is 0 Å². The Morgan fingerprint density at radius 1 is 1.13 bits per heavy atom. The van der Waals surface area contributed by atoms with Crippen molar-refractivity contribution >= 4 is 17.2 Å². The highest BCUT2D eigenvalue weighted by Crippen LogP contribution is 2.32. The Morgan fingerprint density at radius 2 is 2.04 bits per heavy atom. The molecule has 1 N–H and O–H groups in total. The van der Waals surface area contributed by atoms with Crippen LogP contribution in [0.3, 0.4) is 0 Å². The van der Waals surface area contributed by atoms with E-state index in [4.69, 9.17) is 0 Å². The van der Waals surface area contributed by atoms with E-state index < -0.39 is 0 Å². The van der Waals surface area contributed by atoms with Crippen LogP contribution in [0.4, 0.5) is 0 Å². The third-order valence-electron chi connectivity index (χ3n) is 4.38. The number of aldehydes is 1. The van der Waals surface area contributed by atoms with Crippen LogP contribution >= 0.6 is 0 Å². The molecule has 0 aliphatic heterocycles. The van der Waals surface area contributed by atoms with Gasteiger partial charge in [-0.05, 0) is 55.5 Å². The van der Waals surface area contributed by atoms with Gasteiger partial charge >= 0.3 is 0 Å². The van der Waals surface area contributed by atoms with E-state index in [1.54, 1.807) is 6.20 Å². The van der Waals surface area contributed by atoms with Crippen molar-refractivity contribution in [3.63, 3.8) is 0 Å². The second-order valence-electron chi connectivity index (χ2n) is 5.97. The standard InChI is InChI=1S/C20H22N2O/c1-15-19-16(8-4-2-3-5-13-23)9-6-11-18(19)22-20(15)17-10-7-12-21-14-17/h6-7,9-14,22H,2-5,8H2,1H3. The molecule has 3 nitrogen and oxygen atoms in total. The van der Waals surface area contributed by atoms with E-state index in [1.807, 2.05) is 12.3 Å². The summed E-state index contributed by atoms with van der Waals surface area (Å²) in [5.41, 5.74) is 6.14. The van der Waals surface area contributed by atoms with Gasteiger partial charge in [0.25, 0.3) is 0 Å². The molecule has 2 aromatic heterocycles. The van der Waals surface area contributed by atoms with Gasteiger partial charge in [-0.3, -0.25) is 4.98 Å². The summed E-state index contributed by atoms with van der Waals surface area (Å²) in [4.78, 5) is 18.2. The first-order valence-electron chi connectivity index (χ1n) is 8.25. The minimum absolute atomic E-state index is 0.679. The minimum Gasteiger partial charge on any atom is -0.354 e. The number of hydrogen-bond acceptors (Lipinski definition) is 2. The molecule has 0 radical (unpaired) electrons. The molecule has 3 aromatic rings. The number of benzene rings is 1. The average molecular weight is 306 g/mol. The monoisotopic (exact) mass is 306 g/mol. The summed E-state index contributed by atoms with van der Waals surface area (Å²) in [7, 11) is 0. The molecule has 0 atom stereocenters. The lowest BCUT2D eigenvalue weighted by Gasteiger charge is -2.05. The fourth-order valence-corrected chi connectivity index (χ4v) is 3.23. The molecule has 3 heteroatoms. The SMILES string of the molecule is Cc1c(-c2cccnc2)[nH]c2cccc(CCCCCC=O)c12. The van der Waals surface area contributed by atoms with Gasteiger partial charge < -0.3 is 9.78 Å². The number of unbranched alkanes of at least 4 members (excludes halogenated alkanes) is 3. The third-order valence-corrected chi connectivity index (χ3v) is 4.38. The number of aromatic nitrogens is 2. The molecule has 0 saturated heterocycles. The van der Waals surface area contributed by atoms with E-state index in [-0.39, 0.29) is 0 Å². The minimum atomic E-state index is 0.679. The Labute approximate surface area is 136 Å². The molecule has 0 aliphatic rings. The highest BCUT2D eigenvalue weighted by molar-refractivity contribution is 5.92. The van der Waals surface area contributed by atoms with Gasteiger partial charge in [0.1, 0.15) is 6.29 Å². The number of aryl methyl sites for hydroxylation is 2. The number of pyridine rings is 1. The van der Waals surface area contributed by atoms with Crippen molar-refractivity contribution in [3.05, 3.63) is 53.9 Å². The maximum Gasteiger partial charge on any atom is 0.119 e. The summed E-state index contributed by atoms with van der Waals surface area (Å²) in [6, 6.07) is 10.5. The number of nitrogens with one attached hydrogen (secondary N) is 1. The van der Waals surface area contributed by atoms with Crippen LogP contribution in [0.25, 0.3) is 22.2 Å². The molecule has 3 rings (SSSR count). The number of hydrogen-bond donors (Lipinski definition) is 1. The van der Waals surface area contributed by atoms with Crippen molar-refractivity contribution in [2.45, 2.75) is 39.0 Å². The number of rotatable bonds is 7. The number of nitrogens with zero attached hydrogens (tertiary/aromatic N) is 1. The van der Waals surface area contributed by atoms with E-state index in [0.29, 0.717) is 6.42 Å². The summed E-state index contributed by atoms with van der Waals surface area (Å²) in [5.74, 6) is 0. The van der Waals surface area contributed by atoms with Crippen molar-refractivity contribution in [2.24, 2.45) is 0 Å². The lowest BCUT2D eigenvalue weighted by atomic mass is 9.99. The highest BCUT2D eigenvalue weighted by Gasteiger charge is 2.12. The molecule has 0 fully saturated rings. The summed E-state index contributed by atoms with van der Waals surface area (Å²) >= 11 is 0. The Hall–Kier alpha value is -2.42. The summed E-state index contributed by atoms with van der Waals surface area (Å²) in [5, 5.41) is 1.33. The molecule has 0 amide bonds. The second kappa shape index (κ2) is 7.23. The van der Waals surface area contributed by atoms with Gasteiger partial charge in [-0.2, -0.15) is 0 Å². The van der Waals surface area contributed by atoms with Gasteiger partial charge in [0.05, 0.1) is 5.69 Å². The third kappa shape index (κ3) is 3.34. The van der Waals surface area contributed by atoms with Gasteiger partial charge in [0.15, 0.2) is 0 Å². The number of fused-ring (bicyclic) bond motifs is 1. The predicted molar refractivity (Wildman–Crippen MR) is 94.5 cm³/mol. The number of carbonyl (C=O) groups is 1. The van der Waals surface area contributed by atoms with Gasteiger partial charge in [0.2, 0.25) is 0 Å². The molecule has 2 heterocycles. The van der Waals surface area contributed by atoms with Gasteiger partial charge in [0, 0.05) is 35.3 Å². The van der Waals surface area contributed by atoms with Gasteiger partial charge in [-0.1, -0.05) is 18.6 Å². The highest BCUT2D eigenvalue weighted by atomic mass is 16.1. The first kappa shape index (κ1) is 15.5. The van der Waals surface area contributed by atoms with E-state index in [1.165, 1.54) is 22.0 Å². The lowest BCUT2D eigenvalue weighted by molar-refractivity contribution is -0.107. The predicted octanol–water partition coefficient (Wildman–Crippen LogP) is 4.84. The van der Waals surface area contributed by atoms with E-state index in [0.717, 1.165) is 43.2 Å². The number of carbonyl (C=O) groups excluding carboxylic acids is 1. The Morgan fingerprint density at radius 3 is 2.83 bits per heavy atom.